The molecule has 3 heterocycles. The number of fused-ring (bicyclic) bond motifs is 6. The zero-order chi connectivity index (χ0) is 21.8. The van der Waals surface area contributed by atoms with Gasteiger partial charge in [-0.1, -0.05) is 84.9 Å². The third-order valence-corrected chi connectivity index (χ3v) is 7.55. The minimum Gasteiger partial charge on any atom is -0.254 e. The summed E-state index contributed by atoms with van der Waals surface area (Å²) in [6.45, 7) is 0. The standard InChI is InChI=1S/C30H18N2S/c1-2-9-27-24(6-1)25-8-3-7-23(30(25)33-27)19-10-12-20(13-11-19)26-17-16-22-15-14-21-5-4-18-31-28(21)29(22)32-26/h1-18H. The number of pyridine rings is 2. The van der Waals surface area contributed by atoms with E-state index in [0.29, 0.717) is 0 Å². The molecule has 0 aliphatic rings. The molecule has 3 heteroatoms. The Morgan fingerprint density at radius 2 is 1.30 bits per heavy atom. The van der Waals surface area contributed by atoms with Crippen LogP contribution in [0.3, 0.4) is 0 Å². The van der Waals surface area contributed by atoms with E-state index in [0.717, 1.165) is 33.1 Å². The molecular formula is C30H18N2S. The maximum atomic E-state index is 4.99. The van der Waals surface area contributed by atoms with Crippen LogP contribution < -0.4 is 0 Å². The number of nitrogens with zero attached hydrogens (tertiary/aromatic N) is 2. The molecule has 0 amide bonds. The van der Waals surface area contributed by atoms with Crippen molar-refractivity contribution < 1.29 is 0 Å². The van der Waals surface area contributed by atoms with Crippen LogP contribution in [0.25, 0.3) is 64.4 Å². The first-order chi connectivity index (χ1) is 16.3. The minimum absolute atomic E-state index is 0.949. The molecule has 0 fully saturated rings. The summed E-state index contributed by atoms with van der Waals surface area (Å²) in [5.41, 5.74) is 6.48. The lowest BCUT2D eigenvalue weighted by Gasteiger charge is -2.08. The lowest BCUT2D eigenvalue weighted by molar-refractivity contribution is 1.37. The fourth-order valence-corrected chi connectivity index (χ4v) is 5.92. The molecule has 0 aliphatic carbocycles. The topological polar surface area (TPSA) is 25.8 Å². The Morgan fingerprint density at radius 1 is 0.545 bits per heavy atom. The van der Waals surface area contributed by atoms with Gasteiger partial charge in [-0.25, -0.2) is 4.98 Å². The normalized spacial score (nSPS) is 11.6. The summed E-state index contributed by atoms with van der Waals surface area (Å²) in [4.78, 5) is 9.58. The van der Waals surface area contributed by atoms with Crippen LogP contribution in [0.5, 0.6) is 0 Å². The maximum Gasteiger partial charge on any atom is 0.0972 e. The monoisotopic (exact) mass is 438 g/mol. The van der Waals surface area contributed by atoms with E-state index in [4.69, 9.17) is 4.98 Å². The summed E-state index contributed by atoms with van der Waals surface area (Å²) < 4.78 is 2.67. The lowest BCUT2D eigenvalue weighted by Crippen LogP contribution is -1.89. The van der Waals surface area contributed by atoms with Crippen molar-refractivity contribution in [2.24, 2.45) is 0 Å². The molecule has 0 bridgehead atoms. The molecule has 0 saturated heterocycles. The van der Waals surface area contributed by atoms with Crippen molar-refractivity contribution in [1.29, 1.82) is 0 Å². The highest BCUT2D eigenvalue weighted by molar-refractivity contribution is 7.26. The van der Waals surface area contributed by atoms with Crippen LogP contribution in [-0.2, 0) is 0 Å². The van der Waals surface area contributed by atoms with Gasteiger partial charge in [0.25, 0.3) is 0 Å². The van der Waals surface area contributed by atoms with Crippen LogP contribution in [0, 0.1) is 0 Å². The van der Waals surface area contributed by atoms with Crippen LogP contribution in [-0.4, -0.2) is 9.97 Å². The highest BCUT2D eigenvalue weighted by Crippen LogP contribution is 2.40. The van der Waals surface area contributed by atoms with Gasteiger partial charge in [-0.2, -0.15) is 0 Å². The molecule has 0 radical (unpaired) electrons. The molecule has 33 heavy (non-hydrogen) atoms. The quantitative estimate of drug-likeness (QED) is 0.253. The van der Waals surface area contributed by atoms with Crippen molar-refractivity contribution in [3.8, 4) is 22.4 Å². The predicted molar refractivity (Wildman–Crippen MR) is 141 cm³/mol. The SMILES string of the molecule is c1cnc2c(c1)ccc1ccc(-c3ccc(-c4cccc5c4sc4ccccc45)cc3)nc12. The van der Waals surface area contributed by atoms with E-state index in [1.807, 2.05) is 23.6 Å². The number of hydrogen-bond acceptors (Lipinski definition) is 3. The second-order valence-electron chi connectivity index (χ2n) is 8.27. The predicted octanol–water partition coefficient (Wildman–Crippen LogP) is 8.48. The summed E-state index contributed by atoms with van der Waals surface area (Å²) in [6, 6.07) is 36.5. The smallest absolute Gasteiger partial charge is 0.0972 e. The zero-order valence-corrected chi connectivity index (χ0v) is 18.5. The summed E-state index contributed by atoms with van der Waals surface area (Å²) in [5.74, 6) is 0. The molecule has 3 aromatic heterocycles. The Labute approximate surface area is 194 Å². The molecule has 7 rings (SSSR count). The van der Waals surface area contributed by atoms with E-state index in [9.17, 15) is 0 Å². The molecule has 0 spiro atoms. The van der Waals surface area contributed by atoms with E-state index < -0.39 is 0 Å². The fraction of sp³-hybridized carbons (Fsp3) is 0. The molecule has 0 atom stereocenters. The zero-order valence-electron chi connectivity index (χ0n) is 17.7. The van der Waals surface area contributed by atoms with Gasteiger partial charge in [-0.3, -0.25) is 4.98 Å². The average Bonchev–Trinajstić information content (AvgIpc) is 3.27. The number of hydrogen-bond donors (Lipinski definition) is 0. The van der Waals surface area contributed by atoms with Gasteiger partial charge in [-0.05, 0) is 29.3 Å². The molecule has 0 saturated carbocycles. The van der Waals surface area contributed by atoms with Gasteiger partial charge in [-0.15, -0.1) is 11.3 Å². The van der Waals surface area contributed by atoms with Crippen molar-refractivity contribution in [3.63, 3.8) is 0 Å². The van der Waals surface area contributed by atoms with Crippen LogP contribution in [0.15, 0.2) is 109 Å². The Bertz CT molecular complexity index is 1810. The Balaban J connectivity index is 1.34. The Hall–Kier alpha value is -4.08. The molecule has 4 aromatic carbocycles. The summed E-state index contributed by atoms with van der Waals surface area (Å²) in [6.07, 6.45) is 1.83. The molecular weight excluding hydrogens is 420 g/mol. The summed E-state index contributed by atoms with van der Waals surface area (Å²) in [7, 11) is 0. The van der Waals surface area contributed by atoms with Gasteiger partial charge >= 0.3 is 0 Å². The number of thiophene rings is 1. The third-order valence-electron chi connectivity index (χ3n) is 6.33. The summed E-state index contributed by atoms with van der Waals surface area (Å²) >= 11 is 1.87. The van der Waals surface area contributed by atoms with Crippen LogP contribution in [0.2, 0.25) is 0 Å². The second-order valence-corrected chi connectivity index (χ2v) is 9.32. The van der Waals surface area contributed by atoms with Gasteiger partial charge in [0.2, 0.25) is 0 Å². The maximum absolute atomic E-state index is 4.99. The van der Waals surface area contributed by atoms with Gasteiger partial charge in [0.05, 0.1) is 16.7 Å². The molecule has 154 valence electrons. The second kappa shape index (κ2) is 7.22. The van der Waals surface area contributed by atoms with Crippen molar-refractivity contribution in [3.05, 3.63) is 109 Å². The van der Waals surface area contributed by atoms with Gasteiger partial charge in [0.1, 0.15) is 0 Å². The number of rotatable bonds is 2. The van der Waals surface area contributed by atoms with Gasteiger partial charge in [0, 0.05) is 42.7 Å². The largest absolute Gasteiger partial charge is 0.254 e. The van der Waals surface area contributed by atoms with Gasteiger partial charge < -0.3 is 0 Å². The summed E-state index contributed by atoms with van der Waals surface area (Å²) in [5, 5.41) is 4.88. The minimum atomic E-state index is 0.949. The van der Waals surface area contributed by atoms with E-state index in [1.54, 1.807) is 0 Å². The molecule has 2 nitrogen and oxygen atoms in total. The van der Waals surface area contributed by atoms with E-state index >= 15 is 0 Å². The fourth-order valence-electron chi connectivity index (χ4n) is 4.68. The van der Waals surface area contributed by atoms with Crippen molar-refractivity contribution in [2.45, 2.75) is 0 Å². The molecule has 0 unspecified atom stereocenters. The van der Waals surface area contributed by atoms with E-state index in [1.165, 1.54) is 31.3 Å². The molecule has 7 aromatic rings. The van der Waals surface area contributed by atoms with Crippen LogP contribution in [0.4, 0.5) is 0 Å². The van der Waals surface area contributed by atoms with Gasteiger partial charge in [0.15, 0.2) is 0 Å². The average molecular weight is 439 g/mol. The number of aromatic nitrogens is 2. The van der Waals surface area contributed by atoms with Crippen molar-refractivity contribution in [1.82, 2.24) is 9.97 Å². The Morgan fingerprint density at radius 3 is 2.21 bits per heavy atom. The molecule has 0 N–H and O–H groups in total. The van der Waals surface area contributed by atoms with E-state index in [-0.39, 0.29) is 0 Å². The van der Waals surface area contributed by atoms with Crippen molar-refractivity contribution in [2.75, 3.05) is 0 Å². The Kier molecular flexibility index (Phi) is 4.05. The van der Waals surface area contributed by atoms with Crippen LogP contribution >= 0.6 is 11.3 Å². The first-order valence-electron chi connectivity index (χ1n) is 11.0. The number of benzene rings is 4. The van der Waals surface area contributed by atoms with Crippen LogP contribution in [0.1, 0.15) is 0 Å². The lowest BCUT2D eigenvalue weighted by atomic mass is 10.0. The first kappa shape index (κ1) is 18.5. The molecule has 0 aliphatic heterocycles. The third kappa shape index (κ3) is 2.94. The highest BCUT2D eigenvalue weighted by Gasteiger charge is 2.11. The first-order valence-corrected chi connectivity index (χ1v) is 11.8. The van der Waals surface area contributed by atoms with Crippen molar-refractivity contribution >= 4 is 53.3 Å². The highest BCUT2D eigenvalue weighted by atomic mass is 32.1. The van der Waals surface area contributed by atoms with E-state index in [2.05, 4.69) is 102 Å².